The maximum absolute atomic E-state index is 11.4. The second kappa shape index (κ2) is 9.80. The van der Waals surface area contributed by atoms with Crippen LogP contribution >= 0.6 is 11.8 Å². The first kappa shape index (κ1) is 20.5. The second-order valence-electron chi connectivity index (χ2n) is 6.63. The molecule has 0 fully saturated rings. The number of rotatable bonds is 8. The molecule has 1 atom stereocenters. The molecule has 0 aliphatic rings. The van der Waals surface area contributed by atoms with Crippen molar-refractivity contribution in [2.24, 2.45) is 16.5 Å². The molecule has 0 saturated heterocycles. The molecule has 0 amide bonds. The van der Waals surface area contributed by atoms with E-state index >= 15 is 0 Å². The Bertz CT molecular complexity index is 1000. The quantitative estimate of drug-likeness (QED) is 0.291. The first-order valence-corrected chi connectivity index (χ1v) is 10.2. The number of benzene rings is 3. The zero-order valence-corrected chi connectivity index (χ0v) is 16.7. The second-order valence-corrected chi connectivity index (χ2v) is 7.68. The van der Waals surface area contributed by atoms with Crippen molar-refractivity contribution in [3.63, 3.8) is 0 Å². The Morgan fingerprint density at radius 3 is 2.38 bits per heavy atom. The summed E-state index contributed by atoms with van der Waals surface area (Å²) in [6, 6.07) is 25.6. The number of guanidine groups is 1. The van der Waals surface area contributed by atoms with Gasteiger partial charge in [0.25, 0.3) is 0 Å². The average Bonchev–Trinajstić information content (AvgIpc) is 2.71. The van der Waals surface area contributed by atoms with E-state index in [1.807, 2.05) is 66.7 Å². The highest BCUT2D eigenvalue weighted by molar-refractivity contribution is 7.98. The SMILES string of the molecule is NC(N)=Nc1cccc(SCc2cccc(C(CC(=O)O)c3ccccc3)c2)c1. The topological polar surface area (TPSA) is 102 Å². The molecule has 6 heteroatoms. The van der Waals surface area contributed by atoms with E-state index in [1.165, 1.54) is 0 Å². The van der Waals surface area contributed by atoms with E-state index in [9.17, 15) is 9.90 Å². The highest BCUT2D eigenvalue weighted by Gasteiger charge is 2.18. The summed E-state index contributed by atoms with van der Waals surface area (Å²) >= 11 is 1.68. The minimum absolute atomic E-state index is 0.0326. The molecule has 29 heavy (non-hydrogen) atoms. The number of aliphatic carboxylic acids is 1. The Labute approximate surface area is 174 Å². The minimum atomic E-state index is -0.810. The van der Waals surface area contributed by atoms with Gasteiger partial charge in [-0.05, 0) is 34.9 Å². The van der Waals surface area contributed by atoms with E-state index in [0.717, 1.165) is 27.3 Å². The van der Waals surface area contributed by atoms with E-state index in [-0.39, 0.29) is 18.3 Å². The summed E-state index contributed by atoms with van der Waals surface area (Å²) in [5.74, 6) is -0.197. The number of carbonyl (C=O) groups is 1. The van der Waals surface area contributed by atoms with Crippen LogP contribution in [0, 0.1) is 0 Å². The standard InChI is InChI=1S/C23H23N3O2S/c24-23(25)26-19-10-5-11-20(13-19)29-15-16-6-4-9-18(12-16)21(14-22(27)28)17-7-2-1-3-8-17/h1-13,21H,14-15H2,(H,27,28)(H4,24,25,26). The summed E-state index contributed by atoms with van der Waals surface area (Å²) in [6.07, 6.45) is 0.0567. The predicted octanol–water partition coefficient (Wildman–Crippen LogP) is 4.49. The maximum Gasteiger partial charge on any atom is 0.304 e. The molecular weight excluding hydrogens is 382 g/mol. The van der Waals surface area contributed by atoms with Crippen molar-refractivity contribution in [2.75, 3.05) is 0 Å². The Hall–Kier alpha value is -3.25. The summed E-state index contributed by atoms with van der Waals surface area (Å²) in [6.45, 7) is 0. The molecule has 0 aliphatic heterocycles. The van der Waals surface area contributed by atoms with Gasteiger partial charge in [-0.3, -0.25) is 4.79 Å². The molecule has 3 aromatic rings. The summed E-state index contributed by atoms with van der Waals surface area (Å²) in [4.78, 5) is 16.6. The molecule has 1 unspecified atom stereocenters. The van der Waals surface area contributed by atoms with Gasteiger partial charge in [-0.15, -0.1) is 11.8 Å². The van der Waals surface area contributed by atoms with Crippen LogP contribution in [0.5, 0.6) is 0 Å². The van der Waals surface area contributed by atoms with Crippen molar-refractivity contribution in [1.29, 1.82) is 0 Å². The van der Waals surface area contributed by atoms with E-state index in [2.05, 4.69) is 17.1 Å². The number of hydrogen-bond acceptors (Lipinski definition) is 3. The first-order chi connectivity index (χ1) is 14.0. The van der Waals surface area contributed by atoms with Gasteiger partial charge in [0.05, 0.1) is 12.1 Å². The van der Waals surface area contributed by atoms with Crippen molar-refractivity contribution in [3.05, 3.63) is 95.6 Å². The monoisotopic (exact) mass is 405 g/mol. The third kappa shape index (κ3) is 6.12. The van der Waals surface area contributed by atoms with Crippen molar-refractivity contribution < 1.29 is 9.90 Å². The van der Waals surface area contributed by atoms with Gasteiger partial charge in [0, 0.05) is 16.6 Å². The third-order valence-corrected chi connectivity index (χ3v) is 5.48. The normalized spacial score (nSPS) is 11.6. The van der Waals surface area contributed by atoms with Crippen molar-refractivity contribution in [3.8, 4) is 0 Å². The van der Waals surface area contributed by atoms with Gasteiger partial charge in [0.1, 0.15) is 0 Å². The summed E-state index contributed by atoms with van der Waals surface area (Å²) in [5, 5.41) is 9.38. The lowest BCUT2D eigenvalue weighted by atomic mass is 9.88. The van der Waals surface area contributed by atoms with E-state index in [0.29, 0.717) is 5.69 Å². The van der Waals surface area contributed by atoms with Crippen LogP contribution in [0.1, 0.15) is 29.0 Å². The van der Waals surface area contributed by atoms with Gasteiger partial charge < -0.3 is 16.6 Å². The Morgan fingerprint density at radius 2 is 1.66 bits per heavy atom. The lowest BCUT2D eigenvalue weighted by molar-refractivity contribution is -0.137. The Kier molecular flexibility index (Phi) is 6.92. The molecule has 3 aromatic carbocycles. The lowest BCUT2D eigenvalue weighted by Gasteiger charge is -2.17. The van der Waals surface area contributed by atoms with Crippen LogP contribution < -0.4 is 11.5 Å². The molecule has 0 saturated carbocycles. The molecular formula is C23H23N3O2S. The summed E-state index contributed by atoms with van der Waals surface area (Å²) in [5.41, 5.74) is 14.7. The molecule has 0 bridgehead atoms. The van der Waals surface area contributed by atoms with Crippen LogP contribution in [0.25, 0.3) is 0 Å². The molecule has 0 aromatic heterocycles. The number of carboxylic acids is 1. The summed E-state index contributed by atoms with van der Waals surface area (Å²) < 4.78 is 0. The lowest BCUT2D eigenvalue weighted by Crippen LogP contribution is -2.21. The van der Waals surface area contributed by atoms with Crippen LogP contribution in [0.15, 0.2) is 88.8 Å². The molecule has 3 rings (SSSR count). The Morgan fingerprint density at radius 1 is 0.931 bits per heavy atom. The number of carboxylic acid groups (broad SMARTS) is 1. The average molecular weight is 406 g/mol. The van der Waals surface area contributed by atoms with Crippen LogP contribution in [0.2, 0.25) is 0 Å². The number of thioether (sulfide) groups is 1. The smallest absolute Gasteiger partial charge is 0.304 e. The maximum atomic E-state index is 11.4. The van der Waals surface area contributed by atoms with Crippen LogP contribution in [-0.2, 0) is 10.5 Å². The van der Waals surface area contributed by atoms with Crippen LogP contribution in [-0.4, -0.2) is 17.0 Å². The first-order valence-electron chi connectivity index (χ1n) is 9.19. The predicted molar refractivity (Wildman–Crippen MR) is 118 cm³/mol. The van der Waals surface area contributed by atoms with E-state index < -0.39 is 5.97 Å². The van der Waals surface area contributed by atoms with Gasteiger partial charge in [-0.25, -0.2) is 4.99 Å². The zero-order chi connectivity index (χ0) is 20.6. The van der Waals surface area contributed by atoms with Gasteiger partial charge in [0.2, 0.25) is 0 Å². The molecule has 5 nitrogen and oxygen atoms in total. The number of aliphatic imine (C=N–C) groups is 1. The van der Waals surface area contributed by atoms with E-state index in [4.69, 9.17) is 11.5 Å². The van der Waals surface area contributed by atoms with Gasteiger partial charge in [-0.1, -0.05) is 60.7 Å². The largest absolute Gasteiger partial charge is 0.481 e. The highest BCUT2D eigenvalue weighted by atomic mass is 32.2. The molecule has 0 spiro atoms. The fourth-order valence-corrected chi connectivity index (χ4v) is 4.04. The highest BCUT2D eigenvalue weighted by Crippen LogP contribution is 2.31. The van der Waals surface area contributed by atoms with Crippen molar-refractivity contribution >= 4 is 29.4 Å². The Balaban J connectivity index is 1.78. The molecule has 0 aliphatic carbocycles. The summed E-state index contributed by atoms with van der Waals surface area (Å²) in [7, 11) is 0. The van der Waals surface area contributed by atoms with Crippen LogP contribution in [0.4, 0.5) is 5.69 Å². The number of nitrogens with two attached hydrogens (primary N) is 2. The number of hydrogen-bond donors (Lipinski definition) is 3. The zero-order valence-electron chi connectivity index (χ0n) is 15.9. The molecule has 148 valence electrons. The van der Waals surface area contributed by atoms with Crippen molar-refractivity contribution in [2.45, 2.75) is 23.0 Å². The number of nitrogens with zero attached hydrogens (tertiary/aromatic N) is 1. The van der Waals surface area contributed by atoms with Crippen molar-refractivity contribution in [1.82, 2.24) is 0 Å². The molecule has 5 N–H and O–H groups in total. The fourth-order valence-electron chi connectivity index (χ4n) is 3.15. The minimum Gasteiger partial charge on any atom is -0.481 e. The van der Waals surface area contributed by atoms with Gasteiger partial charge in [-0.2, -0.15) is 0 Å². The molecule has 0 heterocycles. The van der Waals surface area contributed by atoms with Gasteiger partial charge >= 0.3 is 5.97 Å². The van der Waals surface area contributed by atoms with E-state index in [1.54, 1.807) is 11.8 Å². The van der Waals surface area contributed by atoms with Crippen LogP contribution in [0.3, 0.4) is 0 Å². The fraction of sp³-hybridized carbons (Fsp3) is 0.130. The molecule has 0 radical (unpaired) electrons. The van der Waals surface area contributed by atoms with Gasteiger partial charge in [0.15, 0.2) is 5.96 Å². The third-order valence-electron chi connectivity index (χ3n) is 4.42.